The van der Waals surface area contributed by atoms with E-state index in [0.717, 1.165) is 167 Å². The Hall–Kier alpha value is -4.57. The van der Waals surface area contributed by atoms with Gasteiger partial charge < -0.3 is 34.2 Å². The summed E-state index contributed by atoms with van der Waals surface area (Å²) in [6.07, 6.45) is 86.0. The Morgan fingerprint density at radius 1 is 0.299 bits per heavy atom. The number of phosphoric acid groups is 2. The summed E-state index contributed by atoms with van der Waals surface area (Å²) in [5.41, 5.74) is 0. The standard InChI is InChI=1S/C79H132O16P2/c1-4-7-10-13-16-19-22-25-28-31-33-35-36-38-40-42-44-47-50-53-56-59-62-65-77(82)89-68-74(80)69-91-96(85,86)92-70-75(81)71-93-97(87,88)94-73-76(95-79(84)67-64-61-58-55-52-49-46-41-30-27-24-21-18-15-12-9-6-3)72-90-78(83)66-63-60-57-54-51-48-45-43-39-37-34-32-29-26-23-20-17-14-11-8-5-2/h9,12,16-21,25-30,33-35,37-38,40,43,45-46,49,74-76,80-81H,4-8,10-11,13-15,22-24,31-32,36,39,41-42,44,47-48,50-73H2,1-3H3,(H,85,86)(H,87,88)/b12-9-,19-16-,20-17-,21-18-,28-25-,29-26-,30-27-,35-33-,37-34-,40-38-,45-43-,49-46-. The Morgan fingerprint density at radius 2 is 0.546 bits per heavy atom. The van der Waals surface area contributed by atoms with Crippen LogP contribution in [-0.2, 0) is 55.8 Å². The number of unbranched alkanes of at least 4 members (excludes halogenated alkanes) is 22. The molecule has 0 saturated carbocycles. The van der Waals surface area contributed by atoms with Gasteiger partial charge >= 0.3 is 33.6 Å². The molecule has 0 spiro atoms. The van der Waals surface area contributed by atoms with Crippen molar-refractivity contribution in [3.63, 3.8) is 0 Å². The molecule has 18 heteroatoms. The van der Waals surface area contributed by atoms with Crippen LogP contribution in [-0.4, -0.2) is 95.9 Å². The average molecular weight is 1400 g/mol. The lowest BCUT2D eigenvalue weighted by molar-refractivity contribution is -0.161. The lowest BCUT2D eigenvalue weighted by atomic mass is 10.1. The number of aliphatic hydroxyl groups is 2. The predicted octanol–water partition coefficient (Wildman–Crippen LogP) is 21.3. The molecule has 97 heavy (non-hydrogen) atoms. The fraction of sp³-hybridized carbons (Fsp3) is 0.658. The highest BCUT2D eigenvalue weighted by molar-refractivity contribution is 7.47. The fourth-order valence-corrected chi connectivity index (χ4v) is 10.9. The lowest BCUT2D eigenvalue weighted by Gasteiger charge is -2.21. The smallest absolute Gasteiger partial charge is 0.463 e. The van der Waals surface area contributed by atoms with Crippen LogP contribution < -0.4 is 0 Å². The van der Waals surface area contributed by atoms with Gasteiger partial charge in [-0.1, -0.05) is 256 Å². The molecule has 0 aromatic rings. The van der Waals surface area contributed by atoms with Crippen molar-refractivity contribution in [2.24, 2.45) is 0 Å². The Bertz CT molecular complexity index is 2350. The van der Waals surface area contributed by atoms with Gasteiger partial charge in [0.25, 0.3) is 0 Å². The van der Waals surface area contributed by atoms with Crippen LogP contribution in [0, 0.1) is 0 Å². The molecule has 5 atom stereocenters. The maximum atomic E-state index is 13.0. The van der Waals surface area contributed by atoms with Gasteiger partial charge in [-0.15, -0.1) is 0 Å². The first-order valence-electron chi connectivity index (χ1n) is 37.1. The molecule has 0 amide bonds. The molecule has 0 rings (SSSR count). The van der Waals surface area contributed by atoms with E-state index in [1.807, 2.05) is 0 Å². The summed E-state index contributed by atoms with van der Waals surface area (Å²) in [5, 5.41) is 20.6. The molecular formula is C79H132O16P2. The molecular weight excluding hydrogens is 1270 g/mol. The van der Waals surface area contributed by atoms with E-state index in [-0.39, 0.29) is 19.3 Å². The van der Waals surface area contributed by atoms with Gasteiger partial charge in [0.2, 0.25) is 0 Å². The second-order valence-electron chi connectivity index (χ2n) is 24.4. The van der Waals surface area contributed by atoms with Crippen LogP contribution in [0.1, 0.15) is 278 Å². The van der Waals surface area contributed by atoms with Crippen LogP contribution in [0.25, 0.3) is 0 Å². The molecule has 5 unspecified atom stereocenters. The molecule has 16 nitrogen and oxygen atoms in total. The zero-order valence-electron chi connectivity index (χ0n) is 60.2. The van der Waals surface area contributed by atoms with Gasteiger partial charge in [0.15, 0.2) is 6.10 Å². The minimum Gasteiger partial charge on any atom is -0.463 e. The second kappa shape index (κ2) is 71.3. The number of hydrogen-bond acceptors (Lipinski definition) is 14. The van der Waals surface area contributed by atoms with Crippen LogP contribution in [0.5, 0.6) is 0 Å². The second-order valence-corrected chi connectivity index (χ2v) is 27.3. The van der Waals surface area contributed by atoms with Gasteiger partial charge in [0.05, 0.1) is 26.4 Å². The third kappa shape index (κ3) is 72.5. The van der Waals surface area contributed by atoms with Crippen molar-refractivity contribution in [1.29, 1.82) is 0 Å². The highest BCUT2D eigenvalue weighted by Gasteiger charge is 2.29. The van der Waals surface area contributed by atoms with E-state index in [0.29, 0.717) is 19.3 Å². The first-order valence-corrected chi connectivity index (χ1v) is 40.1. The quantitative estimate of drug-likeness (QED) is 0.0146. The van der Waals surface area contributed by atoms with E-state index < -0.39 is 91.5 Å². The first-order chi connectivity index (χ1) is 47.2. The predicted molar refractivity (Wildman–Crippen MR) is 399 cm³/mol. The van der Waals surface area contributed by atoms with Gasteiger partial charge in [-0.3, -0.25) is 32.5 Å². The molecule has 0 radical (unpaired) electrons. The molecule has 554 valence electrons. The molecule has 0 aromatic heterocycles. The fourth-order valence-electron chi connectivity index (χ4n) is 9.35. The first kappa shape index (κ1) is 92.4. The van der Waals surface area contributed by atoms with E-state index in [2.05, 4.69) is 167 Å². The average Bonchev–Trinajstić information content (AvgIpc) is 2.07. The van der Waals surface area contributed by atoms with Crippen molar-refractivity contribution in [1.82, 2.24) is 0 Å². The molecule has 0 heterocycles. The summed E-state index contributed by atoms with van der Waals surface area (Å²) in [7, 11) is -9.81. The molecule has 0 aromatic carbocycles. The summed E-state index contributed by atoms with van der Waals surface area (Å²) in [6, 6.07) is 0. The minimum absolute atomic E-state index is 0.0668. The van der Waals surface area contributed by atoms with E-state index in [1.54, 1.807) is 0 Å². The van der Waals surface area contributed by atoms with Crippen LogP contribution in [0.3, 0.4) is 0 Å². The maximum absolute atomic E-state index is 13.0. The monoisotopic (exact) mass is 1400 g/mol. The van der Waals surface area contributed by atoms with Gasteiger partial charge in [0, 0.05) is 19.3 Å². The maximum Gasteiger partial charge on any atom is 0.472 e. The number of phosphoric ester groups is 2. The van der Waals surface area contributed by atoms with E-state index >= 15 is 0 Å². The molecule has 0 aliphatic carbocycles. The van der Waals surface area contributed by atoms with Gasteiger partial charge in [0.1, 0.15) is 25.4 Å². The van der Waals surface area contributed by atoms with Gasteiger partial charge in [-0.05, 0) is 148 Å². The Morgan fingerprint density at radius 3 is 0.866 bits per heavy atom. The SMILES string of the molecule is CC/C=C\C/C=C\C/C=C\C/C=C\CCCCCCC(=O)OC(COC(=O)CCCCCCC/C=C\C/C=C\C/C=C\C/C=C\CCCCC)COP(=O)(O)OCC(O)COP(=O)(O)OCC(O)COC(=O)CCCCCCCCC/C=C\C/C=C\C/C=C\C/C=C\CCCCC. The van der Waals surface area contributed by atoms with Crippen LogP contribution >= 0.6 is 15.6 Å². The highest BCUT2D eigenvalue weighted by atomic mass is 31.2. The van der Waals surface area contributed by atoms with Crippen molar-refractivity contribution < 1.29 is 75.8 Å². The third-order valence-electron chi connectivity index (χ3n) is 15.0. The number of aliphatic hydroxyl groups excluding tert-OH is 2. The summed E-state index contributed by atoms with van der Waals surface area (Å²) in [4.78, 5) is 58.6. The molecule has 0 fully saturated rings. The highest BCUT2D eigenvalue weighted by Crippen LogP contribution is 2.45. The largest absolute Gasteiger partial charge is 0.472 e. The number of carbonyl (C=O) groups is 3. The number of hydrogen-bond donors (Lipinski definition) is 4. The zero-order chi connectivity index (χ0) is 70.9. The van der Waals surface area contributed by atoms with E-state index in [1.165, 1.54) is 51.4 Å². The number of allylic oxidation sites excluding steroid dienone is 24. The zero-order valence-corrected chi connectivity index (χ0v) is 62.0. The van der Waals surface area contributed by atoms with E-state index in [9.17, 15) is 43.5 Å². The molecule has 4 N–H and O–H groups in total. The van der Waals surface area contributed by atoms with Crippen LogP contribution in [0.2, 0.25) is 0 Å². The van der Waals surface area contributed by atoms with Gasteiger partial charge in [-0.2, -0.15) is 0 Å². The Labute approximate surface area is 587 Å². The summed E-state index contributed by atoms with van der Waals surface area (Å²) < 4.78 is 61.0. The summed E-state index contributed by atoms with van der Waals surface area (Å²) >= 11 is 0. The number of rotatable bonds is 69. The number of ether oxygens (including phenoxy) is 3. The number of esters is 3. The Kier molecular flexibility index (Phi) is 67.9. The lowest BCUT2D eigenvalue weighted by Crippen LogP contribution is -2.30. The van der Waals surface area contributed by atoms with Crippen molar-refractivity contribution in [2.75, 3.05) is 39.6 Å². The van der Waals surface area contributed by atoms with Crippen LogP contribution in [0.15, 0.2) is 146 Å². The minimum atomic E-state index is -4.95. The molecule has 0 aliphatic rings. The van der Waals surface area contributed by atoms with Crippen LogP contribution in [0.4, 0.5) is 0 Å². The van der Waals surface area contributed by atoms with Crippen molar-refractivity contribution in [3.05, 3.63) is 146 Å². The third-order valence-corrected chi connectivity index (χ3v) is 16.9. The van der Waals surface area contributed by atoms with Crippen molar-refractivity contribution in [2.45, 2.75) is 296 Å². The van der Waals surface area contributed by atoms with E-state index in [4.69, 9.17) is 32.3 Å². The summed E-state index contributed by atoms with van der Waals surface area (Å²) in [6.45, 7) is 2.43. The summed E-state index contributed by atoms with van der Waals surface area (Å²) in [5.74, 6) is -1.64. The normalized spacial score (nSPS) is 14.9. The molecule has 0 bridgehead atoms. The molecule has 0 saturated heterocycles. The van der Waals surface area contributed by atoms with Gasteiger partial charge in [-0.25, -0.2) is 9.13 Å². The Balaban J connectivity index is 4.72. The number of carbonyl (C=O) groups excluding carboxylic acids is 3. The topological polar surface area (TPSA) is 231 Å². The molecule has 0 aliphatic heterocycles. The van der Waals surface area contributed by atoms with Crippen molar-refractivity contribution in [3.8, 4) is 0 Å². The van der Waals surface area contributed by atoms with Crippen molar-refractivity contribution >= 4 is 33.6 Å².